The average molecular weight is 335 g/mol. The largest absolute Gasteiger partial charge is 0.493 e. The maximum Gasteiger partial charge on any atom is 0.308 e. The standard InChI is InChI=1S/C18H25NO5/c1-3-4-9-24-15-6-5-13(10-16(15)23-2)7-8-19-12-14(18(21)22)11-17(19)20/h5-6,10,14H,3-4,7-9,11-12H2,1-2H3,(H,21,22). The van der Waals surface area contributed by atoms with Gasteiger partial charge in [-0.25, -0.2) is 0 Å². The van der Waals surface area contributed by atoms with E-state index >= 15 is 0 Å². The van der Waals surface area contributed by atoms with Crippen LogP contribution in [0.15, 0.2) is 18.2 Å². The maximum absolute atomic E-state index is 11.9. The van der Waals surface area contributed by atoms with Gasteiger partial charge < -0.3 is 19.5 Å². The first-order chi connectivity index (χ1) is 11.5. The predicted octanol–water partition coefficient (Wildman–Crippen LogP) is 2.35. The van der Waals surface area contributed by atoms with E-state index in [-0.39, 0.29) is 12.3 Å². The molecular weight excluding hydrogens is 310 g/mol. The van der Waals surface area contributed by atoms with Crippen molar-refractivity contribution < 1.29 is 24.2 Å². The molecule has 1 aromatic carbocycles. The zero-order valence-electron chi connectivity index (χ0n) is 14.3. The van der Waals surface area contributed by atoms with Gasteiger partial charge in [0.1, 0.15) is 0 Å². The number of carbonyl (C=O) groups is 2. The number of unbranched alkanes of at least 4 members (excludes halogenated alkanes) is 1. The zero-order valence-corrected chi connectivity index (χ0v) is 14.3. The van der Waals surface area contributed by atoms with Gasteiger partial charge in [0.05, 0.1) is 19.6 Å². The number of aliphatic carboxylic acids is 1. The molecule has 1 unspecified atom stereocenters. The number of rotatable bonds is 9. The first-order valence-electron chi connectivity index (χ1n) is 8.35. The smallest absolute Gasteiger partial charge is 0.308 e. The number of carboxylic acids is 1. The third kappa shape index (κ3) is 4.63. The fourth-order valence-corrected chi connectivity index (χ4v) is 2.73. The van der Waals surface area contributed by atoms with Gasteiger partial charge in [-0.05, 0) is 30.5 Å². The summed E-state index contributed by atoms with van der Waals surface area (Å²) in [5.41, 5.74) is 1.03. The normalized spacial score (nSPS) is 17.2. The number of likely N-dealkylation sites (tertiary alicyclic amines) is 1. The van der Waals surface area contributed by atoms with Crippen molar-refractivity contribution in [3.8, 4) is 11.5 Å². The van der Waals surface area contributed by atoms with Crippen LogP contribution in [-0.2, 0) is 16.0 Å². The Bertz CT molecular complexity index is 587. The van der Waals surface area contributed by atoms with Gasteiger partial charge in [0, 0.05) is 19.5 Å². The van der Waals surface area contributed by atoms with Crippen LogP contribution in [-0.4, -0.2) is 48.7 Å². The van der Waals surface area contributed by atoms with Gasteiger partial charge >= 0.3 is 5.97 Å². The lowest BCUT2D eigenvalue weighted by molar-refractivity contribution is -0.141. The molecule has 24 heavy (non-hydrogen) atoms. The summed E-state index contributed by atoms with van der Waals surface area (Å²) in [7, 11) is 1.60. The van der Waals surface area contributed by atoms with Crippen molar-refractivity contribution in [3.05, 3.63) is 23.8 Å². The van der Waals surface area contributed by atoms with Gasteiger partial charge in [0.2, 0.25) is 5.91 Å². The third-order valence-corrected chi connectivity index (χ3v) is 4.22. The van der Waals surface area contributed by atoms with Crippen LogP contribution in [0.5, 0.6) is 11.5 Å². The van der Waals surface area contributed by atoms with Gasteiger partial charge in [-0.1, -0.05) is 19.4 Å². The molecule has 1 aliphatic heterocycles. The number of carboxylic acid groups (broad SMARTS) is 1. The van der Waals surface area contributed by atoms with E-state index in [1.165, 1.54) is 0 Å². The number of hydrogen-bond acceptors (Lipinski definition) is 4. The molecule has 1 heterocycles. The Labute approximate surface area is 142 Å². The minimum atomic E-state index is -0.902. The Kier molecular flexibility index (Phi) is 6.46. The molecule has 1 N–H and O–H groups in total. The molecule has 0 radical (unpaired) electrons. The van der Waals surface area contributed by atoms with E-state index in [9.17, 15) is 9.59 Å². The summed E-state index contributed by atoms with van der Waals surface area (Å²) >= 11 is 0. The molecular formula is C18H25NO5. The highest BCUT2D eigenvalue weighted by Crippen LogP contribution is 2.29. The Morgan fingerprint density at radius 3 is 2.79 bits per heavy atom. The van der Waals surface area contributed by atoms with Crippen LogP contribution in [0.3, 0.4) is 0 Å². The van der Waals surface area contributed by atoms with E-state index in [0.29, 0.717) is 31.9 Å². The molecule has 0 saturated carbocycles. The van der Waals surface area contributed by atoms with Crippen molar-refractivity contribution in [2.45, 2.75) is 32.6 Å². The second-order valence-corrected chi connectivity index (χ2v) is 6.02. The molecule has 6 nitrogen and oxygen atoms in total. The Morgan fingerprint density at radius 1 is 1.38 bits per heavy atom. The molecule has 1 atom stereocenters. The van der Waals surface area contributed by atoms with Crippen LogP contribution >= 0.6 is 0 Å². The molecule has 1 fully saturated rings. The van der Waals surface area contributed by atoms with Crippen LogP contribution in [0.4, 0.5) is 0 Å². The van der Waals surface area contributed by atoms with Gasteiger partial charge in [-0.15, -0.1) is 0 Å². The van der Waals surface area contributed by atoms with Crippen molar-refractivity contribution in [2.75, 3.05) is 26.8 Å². The summed E-state index contributed by atoms with van der Waals surface area (Å²) in [5.74, 6) is -0.172. The number of ether oxygens (including phenoxy) is 2. The van der Waals surface area contributed by atoms with Gasteiger partial charge in [-0.3, -0.25) is 9.59 Å². The molecule has 2 rings (SSSR count). The minimum Gasteiger partial charge on any atom is -0.493 e. The second-order valence-electron chi connectivity index (χ2n) is 6.02. The SMILES string of the molecule is CCCCOc1ccc(CCN2CC(C(=O)O)CC2=O)cc1OC. The topological polar surface area (TPSA) is 76.1 Å². The lowest BCUT2D eigenvalue weighted by Crippen LogP contribution is -2.28. The lowest BCUT2D eigenvalue weighted by atomic mass is 10.1. The third-order valence-electron chi connectivity index (χ3n) is 4.22. The van der Waals surface area contributed by atoms with Crippen molar-refractivity contribution in [2.24, 2.45) is 5.92 Å². The number of hydrogen-bond donors (Lipinski definition) is 1. The molecule has 0 bridgehead atoms. The van der Waals surface area contributed by atoms with Crippen molar-refractivity contribution in [3.63, 3.8) is 0 Å². The van der Waals surface area contributed by atoms with E-state index in [2.05, 4.69) is 6.92 Å². The predicted molar refractivity (Wildman–Crippen MR) is 89.4 cm³/mol. The molecule has 132 valence electrons. The number of amides is 1. The van der Waals surface area contributed by atoms with Crippen LogP contribution in [0, 0.1) is 5.92 Å². The number of carbonyl (C=O) groups excluding carboxylic acids is 1. The minimum absolute atomic E-state index is 0.0890. The van der Waals surface area contributed by atoms with E-state index in [1.54, 1.807) is 12.0 Å². The average Bonchev–Trinajstić information content (AvgIpc) is 2.95. The molecule has 6 heteroatoms. The maximum atomic E-state index is 11.9. The highest BCUT2D eigenvalue weighted by atomic mass is 16.5. The molecule has 1 aliphatic rings. The second kappa shape index (κ2) is 8.57. The molecule has 1 saturated heterocycles. The molecule has 0 spiro atoms. The summed E-state index contributed by atoms with van der Waals surface area (Å²) in [4.78, 5) is 24.5. The van der Waals surface area contributed by atoms with Crippen molar-refractivity contribution >= 4 is 11.9 Å². The van der Waals surface area contributed by atoms with Crippen molar-refractivity contribution in [1.29, 1.82) is 0 Å². The Morgan fingerprint density at radius 2 is 2.17 bits per heavy atom. The first kappa shape index (κ1) is 18.1. The van der Waals surface area contributed by atoms with Gasteiger partial charge in [0.15, 0.2) is 11.5 Å². The fourth-order valence-electron chi connectivity index (χ4n) is 2.73. The molecule has 0 aromatic heterocycles. The monoisotopic (exact) mass is 335 g/mol. The van der Waals surface area contributed by atoms with Gasteiger partial charge in [-0.2, -0.15) is 0 Å². The number of methoxy groups -OCH3 is 1. The first-order valence-corrected chi connectivity index (χ1v) is 8.35. The molecule has 0 aliphatic carbocycles. The molecule has 1 aromatic rings. The van der Waals surface area contributed by atoms with E-state index in [4.69, 9.17) is 14.6 Å². The van der Waals surface area contributed by atoms with Crippen LogP contribution in [0.25, 0.3) is 0 Å². The Hall–Kier alpha value is -2.24. The van der Waals surface area contributed by atoms with E-state index < -0.39 is 11.9 Å². The van der Waals surface area contributed by atoms with Crippen LogP contribution in [0.1, 0.15) is 31.7 Å². The summed E-state index contributed by atoms with van der Waals surface area (Å²) in [6.07, 6.45) is 2.82. The lowest BCUT2D eigenvalue weighted by Gasteiger charge is -2.17. The van der Waals surface area contributed by atoms with Crippen LogP contribution < -0.4 is 9.47 Å². The quantitative estimate of drug-likeness (QED) is 0.701. The number of nitrogens with zero attached hydrogens (tertiary/aromatic N) is 1. The highest BCUT2D eigenvalue weighted by molar-refractivity contribution is 5.86. The van der Waals surface area contributed by atoms with E-state index in [0.717, 1.165) is 24.2 Å². The van der Waals surface area contributed by atoms with Crippen molar-refractivity contribution in [1.82, 2.24) is 4.90 Å². The summed E-state index contributed by atoms with van der Waals surface area (Å²) < 4.78 is 11.1. The van der Waals surface area contributed by atoms with Gasteiger partial charge in [0.25, 0.3) is 0 Å². The number of benzene rings is 1. The zero-order chi connectivity index (χ0) is 17.5. The Balaban J connectivity index is 1.93. The van der Waals surface area contributed by atoms with Crippen LogP contribution in [0.2, 0.25) is 0 Å². The highest BCUT2D eigenvalue weighted by Gasteiger charge is 2.33. The summed E-state index contributed by atoms with van der Waals surface area (Å²) in [5, 5.41) is 9.01. The fraction of sp³-hybridized carbons (Fsp3) is 0.556. The summed E-state index contributed by atoms with van der Waals surface area (Å²) in [6, 6.07) is 5.76. The van der Waals surface area contributed by atoms with E-state index in [1.807, 2.05) is 18.2 Å². The molecule has 1 amide bonds. The summed E-state index contributed by atoms with van der Waals surface area (Å²) in [6.45, 7) is 3.58.